The highest BCUT2D eigenvalue weighted by Gasteiger charge is 2.19. The van der Waals surface area contributed by atoms with Crippen LogP contribution in [0.15, 0.2) is 23.1 Å². The van der Waals surface area contributed by atoms with Crippen LogP contribution in [-0.4, -0.2) is 39.9 Å². The summed E-state index contributed by atoms with van der Waals surface area (Å²) in [6, 6.07) is 4.18. The zero-order chi connectivity index (χ0) is 14.6. The van der Waals surface area contributed by atoms with Crippen LogP contribution < -0.4 is 9.88 Å². The average molecular weight is 286 g/mol. The van der Waals surface area contributed by atoms with Crippen molar-refractivity contribution >= 4 is 15.9 Å². The maximum Gasteiger partial charge on any atom is 0.253 e. The van der Waals surface area contributed by atoms with Crippen LogP contribution in [0.4, 0.5) is 0 Å². The normalized spacial score (nSPS) is 11.2. The van der Waals surface area contributed by atoms with Crippen molar-refractivity contribution in [2.75, 3.05) is 20.7 Å². The lowest BCUT2D eigenvalue weighted by Crippen LogP contribution is -2.27. The van der Waals surface area contributed by atoms with Gasteiger partial charge >= 0.3 is 0 Å². The number of rotatable bonds is 5. The summed E-state index contributed by atoms with van der Waals surface area (Å²) < 4.78 is 27.8. The summed E-state index contributed by atoms with van der Waals surface area (Å²) in [7, 11) is -0.934. The first-order chi connectivity index (χ1) is 8.81. The maximum absolute atomic E-state index is 12.1. The number of sulfonamides is 1. The van der Waals surface area contributed by atoms with Gasteiger partial charge in [-0.25, -0.2) is 13.6 Å². The lowest BCUT2D eigenvalue weighted by molar-refractivity contribution is 0.0795. The molecule has 0 heterocycles. The molecule has 1 aromatic carbocycles. The van der Waals surface area contributed by atoms with Crippen LogP contribution in [0.3, 0.4) is 0 Å². The van der Waals surface area contributed by atoms with Gasteiger partial charge in [0.15, 0.2) is 0 Å². The third-order valence-corrected chi connectivity index (χ3v) is 3.55. The molecule has 0 atom stereocenters. The summed E-state index contributed by atoms with van der Waals surface area (Å²) in [4.78, 5) is 13.4. The van der Waals surface area contributed by atoms with E-state index in [0.29, 0.717) is 6.54 Å². The topological polar surface area (TPSA) is 89.7 Å². The Bertz CT molecular complexity index is 569. The van der Waals surface area contributed by atoms with E-state index in [-0.39, 0.29) is 22.1 Å². The highest BCUT2D eigenvalue weighted by Crippen LogP contribution is 2.24. The van der Waals surface area contributed by atoms with Crippen molar-refractivity contribution in [3.05, 3.63) is 23.8 Å². The van der Waals surface area contributed by atoms with Gasteiger partial charge < -0.3 is 9.64 Å². The molecule has 2 N–H and O–H groups in total. The number of ether oxygens (including phenoxy) is 1. The van der Waals surface area contributed by atoms with E-state index in [0.717, 1.165) is 6.42 Å². The molecule has 0 aliphatic rings. The van der Waals surface area contributed by atoms with Crippen molar-refractivity contribution in [1.82, 2.24) is 4.90 Å². The predicted octanol–water partition coefficient (Wildman–Crippen LogP) is 0.825. The fourth-order valence-electron chi connectivity index (χ4n) is 1.69. The minimum atomic E-state index is -3.94. The number of nitrogens with two attached hydrogens (primary N) is 1. The van der Waals surface area contributed by atoms with Crippen molar-refractivity contribution in [1.29, 1.82) is 0 Å². The van der Waals surface area contributed by atoms with Gasteiger partial charge in [-0.15, -0.1) is 0 Å². The molecule has 0 unspecified atom stereocenters. The van der Waals surface area contributed by atoms with E-state index in [1.54, 1.807) is 7.05 Å². The van der Waals surface area contributed by atoms with Gasteiger partial charge in [0.1, 0.15) is 10.6 Å². The number of carbonyl (C=O) groups is 1. The maximum atomic E-state index is 12.1. The second-order valence-corrected chi connectivity index (χ2v) is 5.67. The Hall–Kier alpha value is -1.60. The molecule has 0 aromatic heterocycles. The Balaban J connectivity index is 3.23. The number of carbonyl (C=O) groups excluding carboxylic acids is 1. The second kappa shape index (κ2) is 6.03. The molecule has 1 aromatic rings. The van der Waals surface area contributed by atoms with E-state index in [2.05, 4.69) is 0 Å². The molecule has 0 radical (unpaired) electrons. The van der Waals surface area contributed by atoms with Gasteiger partial charge in [0.2, 0.25) is 10.0 Å². The summed E-state index contributed by atoms with van der Waals surface area (Å²) in [5.74, 6) is -0.133. The molecule has 0 saturated carbocycles. The number of amides is 1. The van der Waals surface area contributed by atoms with Crippen LogP contribution in [0, 0.1) is 0 Å². The molecule has 7 heteroatoms. The van der Waals surface area contributed by atoms with E-state index in [4.69, 9.17) is 9.88 Å². The average Bonchev–Trinajstić information content (AvgIpc) is 2.36. The van der Waals surface area contributed by atoms with Crippen LogP contribution in [0.2, 0.25) is 0 Å². The number of hydrogen-bond acceptors (Lipinski definition) is 4. The van der Waals surface area contributed by atoms with Crippen molar-refractivity contribution in [2.24, 2.45) is 5.14 Å². The monoisotopic (exact) mass is 286 g/mol. The largest absolute Gasteiger partial charge is 0.495 e. The Kier molecular flexibility index (Phi) is 4.90. The summed E-state index contributed by atoms with van der Waals surface area (Å²) in [5, 5.41) is 5.10. The number of primary sulfonamides is 1. The molecule has 0 saturated heterocycles. The second-order valence-electron chi connectivity index (χ2n) is 4.14. The van der Waals surface area contributed by atoms with Crippen molar-refractivity contribution in [3.8, 4) is 5.75 Å². The van der Waals surface area contributed by atoms with Crippen LogP contribution in [0.5, 0.6) is 5.75 Å². The van der Waals surface area contributed by atoms with Gasteiger partial charge in [-0.3, -0.25) is 4.79 Å². The Morgan fingerprint density at radius 3 is 2.53 bits per heavy atom. The molecule has 0 aliphatic heterocycles. The molecule has 106 valence electrons. The highest BCUT2D eigenvalue weighted by atomic mass is 32.2. The summed E-state index contributed by atoms with van der Waals surface area (Å²) in [5.41, 5.74) is 0.265. The van der Waals surface area contributed by atoms with Gasteiger partial charge in [0.25, 0.3) is 5.91 Å². The van der Waals surface area contributed by atoms with E-state index in [1.807, 2.05) is 6.92 Å². The minimum absolute atomic E-state index is 0.122. The molecule has 0 spiro atoms. The summed E-state index contributed by atoms with van der Waals surface area (Å²) in [6.45, 7) is 2.54. The SMILES string of the molecule is CCCN(C)C(=O)c1ccc(OC)c(S(N)(=O)=O)c1. The van der Waals surface area contributed by atoms with Crippen molar-refractivity contribution in [2.45, 2.75) is 18.2 Å². The van der Waals surface area contributed by atoms with Crippen LogP contribution in [0.25, 0.3) is 0 Å². The fourth-order valence-corrected chi connectivity index (χ4v) is 2.41. The van der Waals surface area contributed by atoms with Crippen LogP contribution in [0.1, 0.15) is 23.7 Å². The Morgan fingerprint density at radius 2 is 2.05 bits per heavy atom. The van der Waals surface area contributed by atoms with Gasteiger partial charge in [0, 0.05) is 19.2 Å². The third kappa shape index (κ3) is 3.68. The standard InChI is InChI=1S/C12H18N2O4S/c1-4-7-14(2)12(15)9-5-6-10(18-3)11(8-9)19(13,16)17/h5-6,8H,4,7H2,1-3H3,(H2,13,16,17). The van der Waals surface area contributed by atoms with E-state index < -0.39 is 10.0 Å². The number of nitrogens with zero attached hydrogens (tertiary/aromatic N) is 1. The van der Waals surface area contributed by atoms with Crippen molar-refractivity contribution < 1.29 is 17.9 Å². The molecule has 0 fully saturated rings. The number of methoxy groups -OCH3 is 1. The van der Waals surface area contributed by atoms with Gasteiger partial charge in [0.05, 0.1) is 7.11 Å². The molecule has 1 amide bonds. The zero-order valence-electron chi connectivity index (χ0n) is 11.2. The molecule has 0 bridgehead atoms. The molecular formula is C12H18N2O4S. The minimum Gasteiger partial charge on any atom is -0.495 e. The molecule has 1 rings (SSSR count). The van der Waals surface area contributed by atoms with Gasteiger partial charge in [-0.05, 0) is 24.6 Å². The molecule has 0 aliphatic carbocycles. The predicted molar refractivity (Wildman–Crippen MR) is 71.6 cm³/mol. The smallest absolute Gasteiger partial charge is 0.253 e. The van der Waals surface area contributed by atoms with Gasteiger partial charge in [-0.2, -0.15) is 0 Å². The lowest BCUT2D eigenvalue weighted by atomic mass is 10.2. The molecule has 19 heavy (non-hydrogen) atoms. The first-order valence-electron chi connectivity index (χ1n) is 5.77. The Morgan fingerprint density at radius 1 is 1.42 bits per heavy atom. The lowest BCUT2D eigenvalue weighted by Gasteiger charge is -2.17. The summed E-state index contributed by atoms with van der Waals surface area (Å²) >= 11 is 0. The third-order valence-electron chi connectivity index (χ3n) is 2.62. The summed E-state index contributed by atoms with van der Waals surface area (Å²) in [6.07, 6.45) is 0.820. The number of hydrogen-bond donors (Lipinski definition) is 1. The van der Waals surface area contributed by atoms with Crippen LogP contribution in [-0.2, 0) is 10.0 Å². The van der Waals surface area contributed by atoms with E-state index in [9.17, 15) is 13.2 Å². The fraction of sp³-hybridized carbons (Fsp3) is 0.417. The molecule has 6 nitrogen and oxygen atoms in total. The first-order valence-corrected chi connectivity index (χ1v) is 7.32. The quantitative estimate of drug-likeness (QED) is 0.868. The molecular weight excluding hydrogens is 268 g/mol. The Labute approximate surface area is 113 Å². The van der Waals surface area contributed by atoms with Crippen LogP contribution >= 0.6 is 0 Å². The van der Waals surface area contributed by atoms with Crippen molar-refractivity contribution in [3.63, 3.8) is 0 Å². The van der Waals surface area contributed by atoms with E-state index in [1.165, 1.54) is 30.2 Å². The zero-order valence-corrected chi connectivity index (χ0v) is 12.0. The van der Waals surface area contributed by atoms with E-state index >= 15 is 0 Å². The first kappa shape index (κ1) is 15.5. The van der Waals surface area contributed by atoms with Gasteiger partial charge in [-0.1, -0.05) is 6.92 Å². The highest BCUT2D eigenvalue weighted by molar-refractivity contribution is 7.89. The number of benzene rings is 1.